The molecule has 0 spiro atoms. The van der Waals surface area contributed by atoms with Gasteiger partial charge in [0, 0.05) is 26.0 Å². The summed E-state index contributed by atoms with van der Waals surface area (Å²) in [5.41, 5.74) is 1.85. The third-order valence-electron chi connectivity index (χ3n) is 2.55. The number of nitrogens with zero attached hydrogens (tertiary/aromatic N) is 3. The molecule has 0 unspecified atom stereocenters. The van der Waals surface area contributed by atoms with Crippen LogP contribution in [0.25, 0.3) is 0 Å². The monoisotopic (exact) mass is 370 g/mol. The summed E-state index contributed by atoms with van der Waals surface area (Å²) in [6.45, 7) is 0.477. The highest BCUT2D eigenvalue weighted by Gasteiger charge is 2.11. The third-order valence-corrected chi connectivity index (χ3v) is 3.68. The van der Waals surface area contributed by atoms with E-state index in [0.717, 1.165) is 26.6 Å². The summed E-state index contributed by atoms with van der Waals surface area (Å²) < 4.78 is 6.17. The SMILES string of the molecule is CNc1nc(Cc2ccccn2)nc(COC)c1I. The molecule has 0 aromatic carbocycles. The van der Waals surface area contributed by atoms with Crippen molar-refractivity contribution in [2.45, 2.75) is 13.0 Å². The minimum absolute atomic E-state index is 0.477. The van der Waals surface area contributed by atoms with Gasteiger partial charge >= 0.3 is 0 Å². The van der Waals surface area contributed by atoms with E-state index in [2.05, 4.69) is 42.9 Å². The third kappa shape index (κ3) is 3.60. The van der Waals surface area contributed by atoms with Crippen molar-refractivity contribution in [2.75, 3.05) is 19.5 Å². The number of halogens is 1. The van der Waals surface area contributed by atoms with Crippen LogP contribution in [0.4, 0.5) is 5.82 Å². The van der Waals surface area contributed by atoms with Crippen molar-refractivity contribution < 1.29 is 4.74 Å². The van der Waals surface area contributed by atoms with E-state index in [1.807, 2.05) is 25.2 Å². The molecule has 0 radical (unpaired) electrons. The van der Waals surface area contributed by atoms with E-state index in [-0.39, 0.29) is 0 Å². The zero-order chi connectivity index (χ0) is 13.7. The van der Waals surface area contributed by atoms with Gasteiger partial charge in [0.1, 0.15) is 11.6 Å². The van der Waals surface area contributed by atoms with E-state index in [4.69, 9.17) is 4.74 Å². The van der Waals surface area contributed by atoms with Crippen LogP contribution in [0.5, 0.6) is 0 Å². The molecule has 0 amide bonds. The van der Waals surface area contributed by atoms with Gasteiger partial charge in [-0.05, 0) is 34.7 Å². The topological polar surface area (TPSA) is 59.9 Å². The Morgan fingerprint density at radius 1 is 1.32 bits per heavy atom. The molecular formula is C13H15IN4O. The van der Waals surface area contributed by atoms with Crippen LogP contribution < -0.4 is 5.32 Å². The molecule has 0 aliphatic rings. The lowest BCUT2D eigenvalue weighted by atomic mass is 10.2. The average molecular weight is 370 g/mol. The van der Waals surface area contributed by atoms with Gasteiger partial charge in [-0.1, -0.05) is 6.07 Å². The summed E-state index contributed by atoms with van der Waals surface area (Å²) in [7, 11) is 3.52. The number of rotatable bonds is 5. The quantitative estimate of drug-likeness (QED) is 0.819. The van der Waals surface area contributed by atoms with Crippen molar-refractivity contribution in [1.82, 2.24) is 15.0 Å². The van der Waals surface area contributed by atoms with Crippen molar-refractivity contribution in [1.29, 1.82) is 0 Å². The van der Waals surface area contributed by atoms with Crippen molar-refractivity contribution in [2.24, 2.45) is 0 Å². The maximum absolute atomic E-state index is 5.17. The van der Waals surface area contributed by atoms with Gasteiger partial charge in [-0.3, -0.25) is 4.98 Å². The highest BCUT2D eigenvalue weighted by molar-refractivity contribution is 14.1. The molecule has 0 fully saturated rings. The molecule has 2 heterocycles. The van der Waals surface area contributed by atoms with Gasteiger partial charge in [-0.25, -0.2) is 9.97 Å². The standard InChI is InChI=1S/C13H15IN4O/c1-15-13-12(14)10(8-19-2)17-11(18-13)7-9-5-3-4-6-16-9/h3-6H,7-8H2,1-2H3,(H,15,17,18). The second-order valence-electron chi connectivity index (χ2n) is 3.93. The lowest BCUT2D eigenvalue weighted by molar-refractivity contribution is 0.180. The van der Waals surface area contributed by atoms with E-state index in [1.165, 1.54) is 0 Å². The summed E-state index contributed by atoms with van der Waals surface area (Å²) in [5, 5.41) is 3.09. The minimum atomic E-state index is 0.477. The van der Waals surface area contributed by atoms with Crippen LogP contribution in [0, 0.1) is 3.57 Å². The minimum Gasteiger partial charge on any atom is -0.378 e. The number of pyridine rings is 1. The van der Waals surface area contributed by atoms with E-state index in [0.29, 0.717) is 13.0 Å². The number of hydrogen-bond donors (Lipinski definition) is 1. The van der Waals surface area contributed by atoms with Crippen LogP contribution in [0.2, 0.25) is 0 Å². The fraction of sp³-hybridized carbons (Fsp3) is 0.308. The first-order valence-electron chi connectivity index (χ1n) is 5.86. The number of nitrogens with one attached hydrogen (secondary N) is 1. The summed E-state index contributed by atoms with van der Waals surface area (Å²) in [4.78, 5) is 13.3. The molecule has 0 atom stereocenters. The van der Waals surface area contributed by atoms with Crippen LogP contribution in [-0.2, 0) is 17.8 Å². The Morgan fingerprint density at radius 3 is 2.79 bits per heavy atom. The van der Waals surface area contributed by atoms with Crippen LogP contribution in [0.3, 0.4) is 0 Å². The van der Waals surface area contributed by atoms with E-state index in [1.54, 1.807) is 13.3 Å². The Kier molecular flexibility index (Phi) is 5.03. The summed E-state index contributed by atoms with van der Waals surface area (Å²) in [6.07, 6.45) is 2.39. The Bertz CT molecular complexity index is 548. The fourth-order valence-corrected chi connectivity index (χ4v) is 2.35. The molecular weight excluding hydrogens is 355 g/mol. The second-order valence-corrected chi connectivity index (χ2v) is 5.01. The first-order chi connectivity index (χ1) is 9.24. The molecule has 6 heteroatoms. The molecule has 19 heavy (non-hydrogen) atoms. The van der Waals surface area contributed by atoms with Gasteiger partial charge in [0.25, 0.3) is 0 Å². The van der Waals surface area contributed by atoms with Gasteiger partial charge in [0.05, 0.1) is 22.3 Å². The van der Waals surface area contributed by atoms with Gasteiger partial charge in [-0.15, -0.1) is 0 Å². The smallest absolute Gasteiger partial charge is 0.143 e. The maximum atomic E-state index is 5.17. The molecule has 0 aliphatic heterocycles. The lowest BCUT2D eigenvalue weighted by Crippen LogP contribution is -2.09. The average Bonchev–Trinajstić information content (AvgIpc) is 2.43. The predicted octanol–water partition coefficient (Wildman–Crippen LogP) is 2.26. The first-order valence-corrected chi connectivity index (χ1v) is 6.94. The molecule has 0 aliphatic carbocycles. The zero-order valence-corrected chi connectivity index (χ0v) is 13.0. The number of aromatic nitrogens is 3. The summed E-state index contributed by atoms with van der Waals surface area (Å²) in [6, 6.07) is 5.83. The predicted molar refractivity (Wildman–Crippen MR) is 82.1 cm³/mol. The Balaban J connectivity index is 2.32. The Hall–Kier alpha value is -1.28. The molecule has 2 rings (SSSR count). The lowest BCUT2D eigenvalue weighted by Gasteiger charge is -2.10. The van der Waals surface area contributed by atoms with E-state index in [9.17, 15) is 0 Å². The largest absolute Gasteiger partial charge is 0.378 e. The molecule has 2 aromatic rings. The number of methoxy groups -OCH3 is 1. The van der Waals surface area contributed by atoms with Gasteiger partial charge < -0.3 is 10.1 Å². The zero-order valence-electron chi connectivity index (χ0n) is 10.9. The van der Waals surface area contributed by atoms with Crippen molar-refractivity contribution >= 4 is 28.4 Å². The van der Waals surface area contributed by atoms with Gasteiger partial charge in [0.2, 0.25) is 0 Å². The van der Waals surface area contributed by atoms with Gasteiger partial charge in [0.15, 0.2) is 0 Å². The first kappa shape index (κ1) is 14.1. The molecule has 5 nitrogen and oxygen atoms in total. The van der Waals surface area contributed by atoms with Crippen LogP contribution in [0.15, 0.2) is 24.4 Å². The molecule has 2 aromatic heterocycles. The van der Waals surface area contributed by atoms with Crippen LogP contribution in [0.1, 0.15) is 17.2 Å². The van der Waals surface area contributed by atoms with Crippen LogP contribution in [-0.4, -0.2) is 29.1 Å². The number of anilines is 1. The van der Waals surface area contributed by atoms with E-state index < -0.39 is 0 Å². The van der Waals surface area contributed by atoms with Crippen molar-refractivity contribution in [3.63, 3.8) is 0 Å². The Morgan fingerprint density at radius 2 is 2.16 bits per heavy atom. The van der Waals surface area contributed by atoms with Crippen LogP contribution >= 0.6 is 22.6 Å². The molecule has 1 N–H and O–H groups in total. The molecule has 100 valence electrons. The molecule has 0 saturated carbocycles. The summed E-state index contributed by atoms with van der Waals surface area (Å²) in [5.74, 6) is 1.57. The highest BCUT2D eigenvalue weighted by atomic mass is 127. The summed E-state index contributed by atoms with van der Waals surface area (Å²) >= 11 is 2.23. The Labute approximate surface area is 126 Å². The molecule has 0 saturated heterocycles. The highest BCUT2D eigenvalue weighted by Crippen LogP contribution is 2.20. The fourth-order valence-electron chi connectivity index (χ4n) is 1.69. The van der Waals surface area contributed by atoms with Crippen molar-refractivity contribution in [3.8, 4) is 0 Å². The second kappa shape index (κ2) is 6.76. The van der Waals surface area contributed by atoms with Crippen molar-refractivity contribution in [3.05, 3.63) is 45.2 Å². The number of hydrogen-bond acceptors (Lipinski definition) is 5. The van der Waals surface area contributed by atoms with Gasteiger partial charge in [-0.2, -0.15) is 0 Å². The molecule has 0 bridgehead atoms. The van der Waals surface area contributed by atoms with E-state index >= 15 is 0 Å². The maximum Gasteiger partial charge on any atom is 0.143 e. The number of ether oxygens (including phenoxy) is 1. The normalized spacial score (nSPS) is 10.5.